The van der Waals surface area contributed by atoms with Crippen molar-refractivity contribution in [2.75, 3.05) is 10.0 Å². The fourth-order valence-corrected chi connectivity index (χ4v) is 3.16. The van der Waals surface area contributed by atoms with Gasteiger partial charge in [0.05, 0.1) is 10.6 Å². The Labute approximate surface area is 139 Å². The molecule has 1 aromatic heterocycles. The molecular weight excluding hydrogens is 326 g/mol. The highest BCUT2D eigenvalue weighted by Gasteiger charge is 2.16. The molecule has 2 aromatic carbocycles. The number of benzene rings is 2. The Balaban J connectivity index is 1.88. The van der Waals surface area contributed by atoms with Crippen molar-refractivity contribution in [3.05, 3.63) is 72.9 Å². The zero-order chi connectivity index (χ0) is 17.0. The van der Waals surface area contributed by atoms with Gasteiger partial charge >= 0.3 is 0 Å². The molecule has 0 spiro atoms. The number of hydrogen-bond acceptors (Lipinski definition) is 5. The maximum atomic E-state index is 12.5. The number of nitrogens with zero attached hydrogens (tertiary/aromatic N) is 1. The highest BCUT2D eigenvalue weighted by atomic mass is 32.2. The van der Waals surface area contributed by atoms with E-state index >= 15 is 0 Å². The lowest BCUT2D eigenvalue weighted by Crippen LogP contribution is -2.14. The molecule has 0 fully saturated rings. The summed E-state index contributed by atoms with van der Waals surface area (Å²) in [5, 5.41) is 12.3. The molecule has 0 radical (unpaired) electrons. The molecule has 0 saturated heterocycles. The third kappa shape index (κ3) is 3.64. The van der Waals surface area contributed by atoms with Crippen LogP contribution in [-0.2, 0) is 10.0 Å². The van der Waals surface area contributed by atoms with E-state index in [0.717, 1.165) is 0 Å². The van der Waals surface area contributed by atoms with Crippen molar-refractivity contribution in [3.63, 3.8) is 0 Å². The van der Waals surface area contributed by atoms with Crippen molar-refractivity contribution in [3.8, 4) is 5.75 Å². The van der Waals surface area contributed by atoms with Gasteiger partial charge in [0.15, 0.2) is 5.82 Å². The lowest BCUT2D eigenvalue weighted by atomic mass is 10.3. The molecule has 0 amide bonds. The highest BCUT2D eigenvalue weighted by molar-refractivity contribution is 7.92. The van der Waals surface area contributed by atoms with Crippen LogP contribution in [0.25, 0.3) is 0 Å². The Hall–Kier alpha value is -3.06. The number of phenols is 1. The van der Waals surface area contributed by atoms with Crippen LogP contribution >= 0.6 is 0 Å². The van der Waals surface area contributed by atoms with Crippen LogP contribution < -0.4 is 10.0 Å². The van der Waals surface area contributed by atoms with Crippen LogP contribution in [0, 0.1) is 0 Å². The Morgan fingerprint density at radius 1 is 0.875 bits per heavy atom. The van der Waals surface area contributed by atoms with Crippen LogP contribution in [-0.4, -0.2) is 18.5 Å². The van der Waals surface area contributed by atoms with Gasteiger partial charge in [-0.15, -0.1) is 0 Å². The number of phenolic OH excluding ortho intramolecular Hbond substituents is 1. The number of aromatic nitrogens is 1. The van der Waals surface area contributed by atoms with Gasteiger partial charge in [0.2, 0.25) is 0 Å². The fraction of sp³-hybridized carbons (Fsp3) is 0. The smallest absolute Gasteiger partial charge is 0.262 e. The topological polar surface area (TPSA) is 91.3 Å². The highest BCUT2D eigenvalue weighted by Crippen LogP contribution is 2.26. The van der Waals surface area contributed by atoms with Crippen molar-refractivity contribution >= 4 is 27.2 Å². The summed E-state index contributed by atoms with van der Waals surface area (Å²) in [7, 11) is -3.70. The normalized spacial score (nSPS) is 11.0. The van der Waals surface area contributed by atoms with E-state index in [2.05, 4.69) is 15.0 Å². The quantitative estimate of drug-likeness (QED) is 0.619. The molecule has 3 aromatic rings. The standard InChI is InChI=1S/C17H15N3O3S/c21-14-10-8-13(9-11-14)19-17-16(7-4-12-18-17)20-24(22,23)15-5-2-1-3-6-15/h1-12,20-21H,(H,18,19). The van der Waals surface area contributed by atoms with Gasteiger partial charge in [-0.3, -0.25) is 4.72 Å². The van der Waals surface area contributed by atoms with Gasteiger partial charge < -0.3 is 10.4 Å². The minimum Gasteiger partial charge on any atom is -0.508 e. The predicted molar refractivity (Wildman–Crippen MR) is 92.9 cm³/mol. The van der Waals surface area contributed by atoms with E-state index in [1.54, 1.807) is 48.7 Å². The second-order valence-electron chi connectivity index (χ2n) is 4.99. The first kappa shape index (κ1) is 15.8. The van der Waals surface area contributed by atoms with E-state index in [1.807, 2.05) is 0 Å². The molecule has 24 heavy (non-hydrogen) atoms. The molecule has 3 N–H and O–H groups in total. The van der Waals surface area contributed by atoms with Crippen LogP contribution in [0.15, 0.2) is 77.8 Å². The first-order chi connectivity index (χ1) is 11.5. The number of nitrogens with one attached hydrogen (secondary N) is 2. The number of hydrogen-bond donors (Lipinski definition) is 3. The monoisotopic (exact) mass is 341 g/mol. The Morgan fingerprint density at radius 3 is 2.29 bits per heavy atom. The van der Waals surface area contributed by atoms with Crippen LogP contribution in [0.5, 0.6) is 5.75 Å². The third-order valence-electron chi connectivity index (χ3n) is 3.24. The second kappa shape index (κ2) is 6.59. The summed E-state index contributed by atoms with van der Waals surface area (Å²) in [6, 6.07) is 17.8. The van der Waals surface area contributed by atoms with Gasteiger partial charge in [-0.1, -0.05) is 18.2 Å². The number of aromatic hydroxyl groups is 1. The molecule has 3 rings (SSSR count). The minimum atomic E-state index is -3.70. The minimum absolute atomic E-state index is 0.145. The van der Waals surface area contributed by atoms with Gasteiger partial charge in [0, 0.05) is 11.9 Å². The number of sulfonamides is 1. The number of anilines is 3. The average Bonchev–Trinajstić information content (AvgIpc) is 2.59. The van der Waals surface area contributed by atoms with E-state index in [1.165, 1.54) is 24.3 Å². The van der Waals surface area contributed by atoms with E-state index in [0.29, 0.717) is 17.2 Å². The SMILES string of the molecule is O=S(=O)(Nc1cccnc1Nc1ccc(O)cc1)c1ccccc1. The van der Waals surface area contributed by atoms with E-state index in [-0.39, 0.29) is 10.6 Å². The fourth-order valence-electron chi connectivity index (χ4n) is 2.07. The molecule has 0 atom stereocenters. The van der Waals surface area contributed by atoms with Crippen molar-refractivity contribution in [1.82, 2.24) is 4.98 Å². The summed E-state index contributed by atoms with van der Waals surface area (Å²) in [5.74, 6) is 0.509. The number of rotatable bonds is 5. The van der Waals surface area contributed by atoms with Crippen molar-refractivity contribution in [2.45, 2.75) is 4.90 Å². The van der Waals surface area contributed by atoms with Gasteiger partial charge in [0.1, 0.15) is 5.75 Å². The summed E-state index contributed by atoms with van der Waals surface area (Å²) >= 11 is 0. The molecule has 0 unspecified atom stereocenters. The van der Waals surface area contributed by atoms with E-state index in [4.69, 9.17) is 0 Å². The average molecular weight is 341 g/mol. The molecule has 7 heteroatoms. The molecule has 0 aliphatic rings. The molecule has 1 heterocycles. The van der Waals surface area contributed by atoms with Crippen LogP contribution in [0.1, 0.15) is 0 Å². The molecule has 0 saturated carbocycles. The molecule has 0 aliphatic heterocycles. The maximum Gasteiger partial charge on any atom is 0.262 e. The summed E-state index contributed by atoms with van der Waals surface area (Å²) in [6.45, 7) is 0. The lowest BCUT2D eigenvalue weighted by Gasteiger charge is -2.13. The molecule has 6 nitrogen and oxygen atoms in total. The Morgan fingerprint density at radius 2 is 1.58 bits per heavy atom. The third-order valence-corrected chi connectivity index (χ3v) is 4.62. The summed E-state index contributed by atoms with van der Waals surface area (Å²) in [6.07, 6.45) is 1.56. The zero-order valence-electron chi connectivity index (χ0n) is 12.5. The first-order valence-corrected chi connectivity index (χ1v) is 8.62. The zero-order valence-corrected chi connectivity index (χ0v) is 13.4. The molecule has 122 valence electrons. The van der Waals surface area contributed by atoms with Crippen LogP contribution in [0.2, 0.25) is 0 Å². The largest absolute Gasteiger partial charge is 0.508 e. The Bertz CT molecular complexity index is 927. The van der Waals surface area contributed by atoms with Gasteiger partial charge in [-0.2, -0.15) is 0 Å². The number of pyridine rings is 1. The van der Waals surface area contributed by atoms with E-state index < -0.39 is 10.0 Å². The maximum absolute atomic E-state index is 12.5. The van der Waals surface area contributed by atoms with Gasteiger partial charge in [-0.25, -0.2) is 13.4 Å². The first-order valence-electron chi connectivity index (χ1n) is 7.13. The van der Waals surface area contributed by atoms with Gasteiger partial charge in [0.25, 0.3) is 10.0 Å². The summed E-state index contributed by atoms with van der Waals surface area (Å²) < 4.78 is 27.4. The summed E-state index contributed by atoms with van der Waals surface area (Å²) in [5.41, 5.74) is 1.00. The van der Waals surface area contributed by atoms with Gasteiger partial charge in [-0.05, 0) is 48.5 Å². The second-order valence-corrected chi connectivity index (χ2v) is 6.67. The molecule has 0 aliphatic carbocycles. The Kier molecular flexibility index (Phi) is 4.35. The van der Waals surface area contributed by atoms with Crippen molar-refractivity contribution < 1.29 is 13.5 Å². The van der Waals surface area contributed by atoms with Crippen molar-refractivity contribution in [1.29, 1.82) is 0 Å². The predicted octanol–water partition coefficient (Wildman–Crippen LogP) is 3.33. The van der Waals surface area contributed by atoms with Crippen LogP contribution in [0.4, 0.5) is 17.2 Å². The lowest BCUT2D eigenvalue weighted by molar-refractivity contribution is 0.475. The van der Waals surface area contributed by atoms with Crippen molar-refractivity contribution in [2.24, 2.45) is 0 Å². The van der Waals surface area contributed by atoms with Crippen LogP contribution in [0.3, 0.4) is 0 Å². The summed E-state index contributed by atoms with van der Waals surface area (Å²) in [4.78, 5) is 4.34. The molecular formula is C17H15N3O3S. The molecule has 0 bridgehead atoms. The van der Waals surface area contributed by atoms with E-state index in [9.17, 15) is 13.5 Å².